The van der Waals surface area contributed by atoms with Gasteiger partial charge < -0.3 is 10.1 Å². The van der Waals surface area contributed by atoms with E-state index < -0.39 is 0 Å². The SMILES string of the molecule is COCCNCc1ccn(-c2cccc3c2CCCC3)n1. The number of ether oxygens (including phenoxy) is 1. The lowest BCUT2D eigenvalue weighted by molar-refractivity contribution is 0.199. The van der Waals surface area contributed by atoms with Crippen LogP contribution in [0.3, 0.4) is 0 Å². The molecule has 4 heteroatoms. The van der Waals surface area contributed by atoms with Crippen molar-refractivity contribution in [3.8, 4) is 5.69 Å². The first kappa shape index (κ1) is 14.3. The Morgan fingerprint density at radius 1 is 1.24 bits per heavy atom. The second-order valence-electron chi connectivity index (χ2n) is 5.54. The van der Waals surface area contributed by atoms with E-state index in [0.29, 0.717) is 0 Å². The van der Waals surface area contributed by atoms with Gasteiger partial charge >= 0.3 is 0 Å². The number of nitrogens with one attached hydrogen (secondary N) is 1. The molecule has 0 spiro atoms. The number of hydrogen-bond donors (Lipinski definition) is 1. The van der Waals surface area contributed by atoms with E-state index in [4.69, 9.17) is 9.84 Å². The molecule has 0 saturated heterocycles. The van der Waals surface area contributed by atoms with Crippen LogP contribution in [0.25, 0.3) is 5.69 Å². The number of hydrogen-bond acceptors (Lipinski definition) is 3. The summed E-state index contributed by atoms with van der Waals surface area (Å²) in [6.45, 7) is 2.36. The van der Waals surface area contributed by atoms with Crippen molar-refractivity contribution >= 4 is 0 Å². The minimum Gasteiger partial charge on any atom is -0.383 e. The molecule has 112 valence electrons. The van der Waals surface area contributed by atoms with Crippen LogP contribution in [0.1, 0.15) is 29.7 Å². The zero-order valence-electron chi connectivity index (χ0n) is 12.6. The number of fused-ring (bicyclic) bond motifs is 1. The Morgan fingerprint density at radius 2 is 2.14 bits per heavy atom. The Labute approximate surface area is 126 Å². The second-order valence-corrected chi connectivity index (χ2v) is 5.54. The maximum Gasteiger partial charge on any atom is 0.0766 e. The molecule has 4 nitrogen and oxygen atoms in total. The van der Waals surface area contributed by atoms with Crippen LogP contribution >= 0.6 is 0 Å². The lowest BCUT2D eigenvalue weighted by Crippen LogP contribution is -2.19. The Morgan fingerprint density at radius 3 is 3.05 bits per heavy atom. The normalized spacial score (nSPS) is 14.1. The van der Waals surface area contributed by atoms with Crippen LogP contribution in [0.2, 0.25) is 0 Å². The standard InChI is InChI=1S/C17H23N3O/c1-21-12-10-18-13-15-9-11-20(19-15)17-8-4-6-14-5-2-3-7-16(14)17/h4,6,8-9,11,18H,2-3,5,7,10,12-13H2,1H3. The van der Waals surface area contributed by atoms with E-state index in [1.807, 2.05) is 4.68 Å². The number of aryl methyl sites for hydroxylation is 1. The van der Waals surface area contributed by atoms with Crippen LogP contribution in [0.4, 0.5) is 0 Å². The molecule has 0 bridgehead atoms. The number of methoxy groups -OCH3 is 1. The Kier molecular flexibility index (Phi) is 4.68. The van der Waals surface area contributed by atoms with E-state index in [-0.39, 0.29) is 0 Å². The van der Waals surface area contributed by atoms with Gasteiger partial charge in [-0.1, -0.05) is 12.1 Å². The van der Waals surface area contributed by atoms with Gasteiger partial charge in [-0.15, -0.1) is 0 Å². The first-order valence-corrected chi connectivity index (χ1v) is 7.74. The van der Waals surface area contributed by atoms with Crippen LogP contribution in [0.5, 0.6) is 0 Å². The summed E-state index contributed by atoms with van der Waals surface area (Å²) < 4.78 is 7.05. The number of nitrogens with zero attached hydrogens (tertiary/aromatic N) is 2. The van der Waals surface area contributed by atoms with Crippen molar-refractivity contribution in [3.05, 3.63) is 47.3 Å². The molecule has 1 N–H and O–H groups in total. The Bertz CT molecular complexity index is 591. The van der Waals surface area contributed by atoms with E-state index in [0.717, 1.165) is 25.4 Å². The van der Waals surface area contributed by atoms with Crippen molar-refractivity contribution in [1.82, 2.24) is 15.1 Å². The van der Waals surface area contributed by atoms with Crippen molar-refractivity contribution in [2.75, 3.05) is 20.3 Å². The van der Waals surface area contributed by atoms with Crippen molar-refractivity contribution in [2.45, 2.75) is 32.2 Å². The van der Waals surface area contributed by atoms with Gasteiger partial charge in [-0.05, 0) is 48.9 Å². The smallest absolute Gasteiger partial charge is 0.0766 e. The molecule has 1 aliphatic rings. The van der Waals surface area contributed by atoms with Gasteiger partial charge in [0, 0.05) is 26.4 Å². The highest BCUT2D eigenvalue weighted by Crippen LogP contribution is 2.26. The summed E-state index contributed by atoms with van der Waals surface area (Å²) in [6, 6.07) is 8.67. The molecule has 2 aromatic rings. The molecule has 1 aromatic carbocycles. The molecule has 3 rings (SSSR count). The molecule has 1 aromatic heterocycles. The molecule has 0 atom stereocenters. The molecule has 21 heavy (non-hydrogen) atoms. The van der Waals surface area contributed by atoms with E-state index in [9.17, 15) is 0 Å². The van der Waals surface area contributed by atoms with E-state index in [1.54, 1.807) is 7.11 Å². The van der Waals surface area contributed by atoms with Gasteiger partial charge in [0.25, 0.3) is 0 Å². The van der Waals surface area contributed by atoms with E-state index >= 15 is 0 Å². The number of aromatic nitrogens is 2. The quantitative estimate of drug-likeness (QED) is 0.829. The van der Waals surface area contributed by atoms with E-state index in [2.05, 4.69) is 35.8 Å². The fraction of sp³-hybridized carbons (Fsp3) is 0.471. The Balaban J connectivity index is 1.74. The maximum atomic E-state index is 5.03. The second kappa shape index (κ2) is 6.87. The fourth-order valence-corrected chi connectivity index (χ4v) is 2.96. The molecule has 1 heterocycles. The highest BCUT2D eigenvalue weighted by atomic mass is 16.5. The van der Waals surface area contributed by atoms with Crippen LogP contribution in [0, 0.1) is 0 Å². The Hall–Kier alpha value is -1.65. The molecule has 0 amide bonds. The van der Waals surface area contributed by atoms with Gasteiger partial charge in [-0.3, -0.25) is 0 Å². The average Bonchev–Trinajstić information content (AvgIpc) is 3.00. The minimum absolute atomic E-state index is 0.729. The predicted molar refractivity (Wildman–Crippen MR) is 83.8 cm³/mol. The van der Waals surface area contributed by atoms with Crippen molar-refractivity contribution in [1.29, 1.82) is 0 Å². The molecule has 1 aliphatic carbocycles. The third-order valence-electron chi connectivity index (χ3n) is 4.05. The third kappa shape index (κ3) is 3.34. The van der Waals surface area contributed by atoms with Crippen molar-refractivity contribution < 1.29 is 4.74 Å². The average molecular weight is 285 g/mol. The molecule has 0 radical (unpaired) electrons. The lowest BCUT2D eigenvalue weighted by atomic mass is 9.90. The summed E-state index contributed by atoms with van der Waals surface area (Å²) in [4.78, 5) is 0. The van der Waals surface area contributed by atoms with Crippen LogP contribution in [-0.2, 0) is 24.1 Å². The highest BCUT2D eigenvalue weighted by molar-refractivity contribution is 5.46. The van der Waals surface area contributed by atoms with Gasteiger partial charge in [0.15, 0.2) is 0 Å². The summed E-state index contributed by atoms with van der Waals surface area (Å²) in [7, 11) is 1.72. The molecule has 0 unspecified atom stereocenters. The van der Waals surface area contributed by atoms with Gasteiger partial charge in [0.05, 0.1) is 18.0 Å². The van der Waals surface area contributed by atoms with Gasteiger partial charge in [0.2, 0.25) is 0 Å². The van der Waals surface area contributed by atoms with Crippen LogP contribution in [-0.4, -0.2) is 30.0 Å². The van der Waals surface area contributed by atoms with Gasteiger partial charge in [0.1, 0.15) is 0 Å². The molecular weight excluding hydrogens is 262 g/mol. The predicted octanol–water partition coefficient (Wildman–Crippen LogP) is 2.49. The molecule has 0 fully saturated rings. The summed E-state index contributed by atoms with van der Waals surface area (Å²) in [5.41, 5.74) is 5.29. The molecular formula is C17H23N3O. The van der Waals surface area contributed by atoms with Crippen LogP contribution in [0.15, 0.2) is 30.5 Å². The maximum absolute atomic E-state index is 5.03. The van der Waals surface area contributed by atoms with Crippen LogP contribution < -0.4 is 5.32 Å². The van der Waals surface area contributed by atoms with Gasteiger partial charge in [-0.2, -0.15) is 5.10 Å². The monoisotopic (exact) mass is 285 g/mol. The number of benzene rings is 1. The first-order valence-electron chi connectivity index (χ1n) is 7.74. The molecule has 0 saturated carbocycles. The third-order valence-corrected chi connectivity index (χ3v) is 4.05. The lowest BCUT2D eigenvalue weighted by Gasteiger charge is -2.19. The van der Waals surface area contributed by atoms with Crippen molar-refractivity contribution in [3.63, 3.8) is 0 Å². The molecule has 0 aliphatic heterocycles. The zero-order valence-corrected chi connectivity index (χ0v) is 12.6. The van der Waals surface area contributed by atoms with Gasteiger partial charge in [-0.25, -0.2) is 4.68 Å². The fourth-order valence-electron chi connectivity index (χ4n) is 2.96. The highest BCUT2D eigenvalue weighted by Gasteiger charge is 2.14. The topological polar surface area (TPSA) is 39.1 Å². The number of rotatable bonds is 6. The minimum atomic E-state index is 0.729. The van der Waals surface area contributed by atoms with E-state index in [1.165, 1.54) is 42.5 Å². The summed E-state index contributed by atoms with van der Waals surface area (Å²) in [6.07, 6.45) is 7.04. The van der Waals surface area contributed by atoms with Crippen molar-refractivity contribution in [2.24, 2.45) is 0 Å². The largest absolute Gasteiger partial charge is 0.383 e. The summed E-state index contributed by atoms with van der Waals surface area (Å²) >= 11 is 0. The first-order chi connectivity index (χ1) is 10.4. The zero-order chi connectivity index (χ0) is 14.5. The summed E-state index contributed by atoms with van der Waals surface area (Å²) in [5.74, 6) is 0. The summed E-state index contributed by atoms with van der Waals surface area (Å²) in [5, 5.41) is 8.03.